The van der Waals surface area contributed by atoms with Crippen LogP contribution in [0.2, 0.25) is 0 Å². The van der Waals surface area contributed by atoms with Crippen LogP contribution in [0.1, 0.15) is 19.1 Å². The largest absolute Gasteiger partial charge is 0.486 e. The first-order valence-electron chi connectivity index (χ1n) is 7.56. The lowest BCUT2D eigenvalue weighted by molar-refractivity contribution is -0.117. The molecule has 23 heavy (non-hydrogen) atoms. The SMILES string of the molecule is CCC(Nc1ccc2c(c1)OCCO2)C(=O)Nc1cc(C)on1. The lowest BCUT2D eigenvalue weighted by atomic mass is 10.2. The third-order valence-corrected chi connectivity index (χ3v) is 3.49. The second-order valence-electron chi connectivity index (χ2n) is 5.28. The molecule has 0 aliphatic carbocycles. The summed E-state index contributed by atoms with van der Waals surface area (Å²) in [7, 11) is 0. The molecule has 0 fully saturated rings. The van der Waals surface area contributed by atoms with E-state index in [1.54, 1.807) is 13.0 Å². The maximum Gasteiger partial charge on any atom is 0.248 e. The summed E-state index contributed by atoms with van der Waals surface area (Å²) in [6, 6.07) is 6.82. The predicted octanol–water partition coefficient (Wildman–Crippen LogP) is 2.58. The smallest absolute Gasteiger partial charge is 0.248 e. The molecule has 1 unspecified atom stereocenters. The second-order valence-corrected chi connectivity index (χ2v) is 5.28. The van der Waals surface area contributed by atoms with Gasteiger partial charge in [0.25, 0.3) is 0 Å². The van der Waals surface area contributed by atoms with Gasteiger partial charge in [0.2, 0.25) is 5.91 Å². The first-order valence-corrected chi connectivity index (χ1v) is 7.56. The fraction of sp³-hybridized carbons (Fsp3) is 0.375. The molecule has 2 N–H and O–H groups in total. The number of rotatable bonds is 5. The van der Waals surface area contributed by atoms with Crippen LogP contribution in [0.25, 0.3) is 0 Å². The van der Waals surface area contributed by atoms with Crippen LogP contribution in [0.3, 0.4) is 0 Å². The maximum absolute atomic E-state index is 12.3. The molecule has 0 saturated heterocycles. The molecular formula is C16H19N3O4. The van der Waals surface area contributed by atoms with Gasteiger partial charge < -0.3 is 24.6 Å². The Morgan fingerprint density at radius 1 is 1.26 bits per heavy atom. The van der Waals surface area contributed by atoms with E-state index in [0.29, 0.717) is 37.0 Å². The van der Waals surface area contributed by atoms with E-state index in [-0.39, 0.29) is 5.91 Å². The van der Waals surface area contributed by atoms with Crippen LogP contribution in [-0.2, 0) is 4.79 Å². The van der Waals surface area contributed by atoms with Crippen molar-refractivity contribution in [2.45, 2.75) is 26.3 Å². The van der Waals surface area contributed by atoms with Crippen LogP contribution in [0.5, 0.6) is 11.5 Å². The number of hydrogen-bond donors (Lipinski definition) is 2. The van der Waals surface area contributed by atoms with Crippen molar-refractivity contribution in [3.63, 3.8) is 0 Å². The lowest BCUT2D eigenvalue weighted by Gasteiger charge is -2.21. The number of amides is 1. The molecule has 7 heteroatoms. The number of aromatic nitrogens is 1. The molecule has 1 aromatic heterocycles. The molecule has 2 aromatic rings. The van der Waals surface area contributed by atoms with E-state index in [4.69, 9.17) is 14.0 Å². The number of hydrogen-bond acceptors (Lipinski definition) is 6. The van der Waals surface area contributed by atoms with Gasteiger partial charge in [-0.1, -0.05) is 12.1 Å². The predicted molar refractivity (Wildman–Crippen MR) is 85.0 cm³/mol. The van der Waals surface area contributed by atoms with Crippen molar-refractivity contribution in [3.8, 4) is 11.5 Å². The first kappa shape index (κ1) is 15.2. The number of nitrogens with zero attached hydrogens (tertiary/aromatic N) is 1. The van der Waals surface area contributed by atoms with Crippen molar-refractivity contribution in [1.82, 2.24) is 5.16 Å². The van der Waals surface area contributed by atoms with Crippen molar-refractivity contribution in [2.24, 2.45) is 0 Å². The summed E-state index contributed by atoms with van der Waals surface area (Å²) in [5, 5.41) is 9.70. The molecule has 3 rings (SSSR count). The number of carbonyl (C=O) groups excluding carboxylic acids is 1. The molecule has 0 saturated carbocycles. The summed E-state index contributed by atoms with van der Waals surface area (Å²) in [6.07, 6.45) is 0.622. The molecule has 0 spiro atoms. The molecule has 1 aromatic carbocycles. The number of anilines is 2. The highest BCUT2D eigenvalue weighted by atomic mass is 16.6. The standard InChI is InChI=1S/C16H19N3O4/c1-3-12(16(20)18-15-8-10(2)23-19-15)17-11-4-5-13-14(9-11)22-7-6-21-13/h4-5,8-9,12,17H,3,6-7H2,1-2H3,(H,18,19,20). The fourth-order valence-electron chi connectivity index (χ4n) is 2.33. The van der Waals surface area contributed by atoms with Gasteiger partial charge in [0.1, 0.15) is 25.0 Å². The molecule has 1 amide bonds. The highest BCUT2D eigenvalue weighted by Gasteiger charge is 2.19. The minimum atomic E-state index is -0.394. The van der Waals surface area contributed by atoms with Crippen LogP contribution in [0, 0.1) is 6.92 Å². The quantitative estimate of drug-likeness (QED) is 0.881. The van der Waals surface area contributed by atoms with Crippen molar-refractivity contribution in [3.05, 3.63) is 30.0 Å². The summed E-state index contributed by atoms with van der Waals surface area (Å²) >= 11 is 0. The number of benzene rings is 1. The van der Waals surface area contributed by atoms with Gasteiger partial charge in [0.15, 0.2) is 17.3 Å². The normalized spacial score (nSPS) is 14.2. The van der Waals surface area contributed by atoms with Gasteiger partial charge in [0.05, 0.1) is 0 Å². The van der Waals surface area contributed by atoms with Gasteiger partial charge >= 0.3 is 0 Å². The molecule has 2 heterocycles. The molecular weight excluding hydrogens is 298 g/mol. The van der Waals surface area contributed by atoms with E-state index < -0.39 is 6.04 Å². The van der Waals surface area contributed by atoms with E-state index in [0.717, 1.165) is 11.4 Å². The molecule has 1 aliphatic heterocycles. The summed E-state index contributed by atoms with van der Waals surface area (Å²) in [5.74, 6) is 2.29. The monoisotopic (exact) mass is 317 g/mol. The van der Waals surface area contributed by atoms with Crippen molar-refractivity contribution >= 4 is 17.4 Å². The maximum atomic E-state index is 12.3. The highest BCUT2D eigenvalue weighted by molar-refractivity contribution is 5.95. The van der Waals surface area contributed by atoms with Gasteiger partial charge in [0, 0.05) is 17.8 Å². The summed E-state index contributed by atoms with van der Waals surface area (Å²) in [4.78, 5) is 12.3. The van der Waals surface area contributed by atoms with Crippen LogP contribution < -0.4 is 20.1 Å². The van der Waals surface area contributed by atoms with E-state index >= 15 is 0 Å². The highest BCUT2D eigenvalue weighted by Crippen LogP contribution is 2.32. The van der Waals surface area contributed by atoms with Gasteiger partial charge in [-0.05, 0) is 25.5 Å². The van der Waals surface area contributed by atoms with Gasteiger partial charge in [-0.2, -0.15) is 0 Å². The molecule has 7 nitrogen and oxygen atoms in total. The number of ether oxygens (including phenoxy) is 2. The second kappa shape index (κ2) is 6.60. The lowest BCUT2D eigenvalue weighted by Crippen LogP contribution is -2.34. The Kier molecular flexibility index (Phi) is 4.36. The van der Waals surface area contributed by atoms with E-state index in [9.17, 15) is 4.79 Å². The van der Waals surface area contributed by atoms with E-state index in [1.165, 1.54) is 0 Å². The Hall–Kier alpha value is -2.70. The van der Waals surface area contributed by atoms with Crippen LogP contribution in [0.4, 0.5) is 11.5 Å². The zero-order valence-electron chi connectivity index (χ0n) is 13.1. The first-order chi connectivity index (χ1) is 11.2. The number of carbonyl (C=O) groups is 1. The van der Waals surface area contributed by atoms with Crippen molar-refractivity contribution < 1.29 is 18.8 Å². The average Bonchev–Trinajstić information content (AvgIpc) is 2.97. The third-order valence-electron chi connectivity index (χ3n) is 3.49. The molecule has 1 atom stereocenters. The minimum Gasteiger partial charge on any atom is -0.486 e. The summed E-state index contributed by atoms with van der Waals surface area (Å²) in [6.45, 7) is 4.78. The molecule has 0 bridgehead atoms. The zero-order chi connectivity index (χ0) is 16.2. The van der Waals surface area contributed by atoms with Gasteiger partial charge in [-0.15, -0.1) is 0 Å². The molecule has 122 valence electrons. The topological polar surface area (TPSA) is 85.6 Å². The van der Waals surface area contributed by atoms with Crippen molar-refractivity contribution in [1.29, 1.82) is 0 Å². The van der Waals surface area contributed by atoms with Crippen molar-refractivity contribution in [2.75, 3.05) is 23.8 Å². The molecule has 1 aliphatic rings. The van der Waals surface area contributed by atoms with E-state index in [2.05, 4.69) is 15.8 Å². The van der Waals surface area contributed by atoms with Crippen LogP contribution in [0.15, 0.2) is 28.8 Å². The van der Waals surface area contributed by atoms with Crippen LogP contribution in [-0.4, -0.2) is 30.3 Å². The summed E-state index contributed by atoms with van der Waals surface area (Å²) in [5.41, 5.74) is 0.799. The zero-order valence-corrected chi connectivity index (χ0v) is 13.1. The van der Waals surface area contributed by atoms with Crippen LogP contribution >= 0.6 is 0 Å². The average molecular weight is 317 g/mol. The summed E-state index contributed by atoms with van der Waals surface area (Å²) < 4.78 is 16.0. The Morgan fingerprint density at radius 3 is 2.74 bits per heavy atom. The number of aryl methyl sites for hydroxylation is 1. The van der Waals surface area contributed by atoms with E-state index in [1.807, 2.05) is 25.1 Å². The third kappa shape index (κ3) is 3.56. The fourth-order valence-corrected chi connectivity index (χ4v) is 2.33. The Bertz CT molecular complexity index is 698. The Labute approximate surface area is 133 Å². The number of fused-ring (bicyclic) bond motifs is 1. The molecule has 0 radical (unpaired) electrons. The number of nitrogens with one attached hydrogen (secondary N) is 2. The minimum absolute atomic E-state index is 0.171. The Morgan fingerprint density at radius 2 is 2.04 bits per heavy atom. The van der Waals surface area contributed by atoms with Gasteiger partial charge in [-0.3, -0.25) is 4.79 Å². The Balaban J connectivity index is 1.67. The van der Waals surface area contributed by atoms with Gasteiger partial charge in [-0.25, -0.2) is 0 Å².